The third-order valence-corrected chi connectivity index (χ3v) is 6.70. The number of likely N-dealkylation sites (tertiary alicyclic amines) is 1. The predicted octanol–water partition coefficient (Wildman–Crippen LogP) is 4.08. The second-order valence-corrected chi connectivity index (χ2v) is 9.05. The van der Waals surface area contributed by atoms with Gasteiger partial charge >= 0.3 is 0 Å². The number of pyridine rings is 1. The van der Waals surface area contributed by atoms with E-state index in [4.69, 9.17) is 19.2 Å². The molecule has 5 rings (SSSR count). The van der Waals surface area contributed by atoms with Crippen LogP contribution >= 0.6 is 0 Å². The highest BCUT2D eigenvalue weighted by Gasteiger charge is 2.28. The summed E-state index contributed by atoms with van der Waals surface area (Å²) in [4.78, 5) is 32.7. The second-order valence-electron chi connectivity index (χ2n) is 9.05. The highest BCUT2D eigenvalue weighted by molar-refractivity contribution is 5.96. The fourth-order valence-corrected chi connectivity index (χ4v) is 4.68. The van der Waals surface area contributed by atoms with Gasteiger partial charge in [0, 0.05) is 36.8 Å². The first-order chi connectivity index (χ1) is 17.5. The summed E-state index contributed by atoms with van der Waals surface area (Å²) in [5.41, 5.74) is 3.83. The Morgan fingerprint density at radius 3 is 2.53 bits per heavy atom. The Kier molecular flexibility index (Phi) is 6.75. The number of hydrogen-bond acceptors (Lipinski definition) is 6. The summed E-state index contributed by atoms with van der Waals surface area (Å²) in [6.45, 7) is 3.75. The summed E-state index contributed by atoms with van der Waals surface area (Å²) in [5.74, 6) is 2.08. The van der Waals surface area contributed by atoms with E-state index in [1.807, 2.05) is 42.2 Å². The maximum absolute atomic E-state index is 13.2. The lowest BCUT2D eigenvalue weighted by molar-refractivity contribution is 0.0710. The van der Waals surface area contributed by atoms with Gasteiger partial charge in [0.05, 0.1) is 18.4 Å². The molecular weight excluding hydrogens is 458 g/mol. The predicted molar refractivity (Wildman–Crippen MR) is 134 cm³/mol. The minimum absolute atomic E-state index is 0.00926. The van der Waals surface area contributed by atoms with Crippen molar-refractivity contribution in [3.8, 4) is 17.2 Å². The lowest BCUT2D eigenvalue weighted by atomic mass is 9.89. The topological polar surface area (TPSA) is 90.0 Å². The molecule has 0 radical (unpaired) electrons. The Bertz CT molecular complexity index is 1270. The molecule has 0 unspecified atom stereocenters. The van der Waals surface area contributed by atoms with Crippen LogP contribution in [0.15, 0.2) is 54.6 Å². The molecule has 2 aliphatic rings. The van der Waals surface area contributed by atoms with Gasteiger partial charge in [0.1, 0.15) is 5.75 Å². The molecule has 8 nitrogen and oxygen atoms in total. The number of carbonyl (C=O) groups excluding carboxylic acids is 2. The van der Waals surface area contributed by atoms with Crippen molar-refractivity contribution in [2.75, 3.05) is 27.0 Å². The number of piperidine rings is 1. The molecule has 8 heteroatoms. The Labute approximate surface area is 210 Å². The van der Waals surface area contributed by atoms with E-state index in [-0.39, 0.29) is 24.5 Å². The Balaban J connectivity index is 1.24. The van der Waals surface area contributed by atoms with Gasteiger partial charge in [0.25, 0.3) is 11.8 Å². The van der Waals surface area contributed by atoms with Crippen LogP contribution in [0.25, 0.3) is 0 Å². The highest BCUT2D eigenvalue weighted by atomic mass is 16.7. The average molecular weight is 488 g/mol. The Morgan fingerprint density at radius 2 is 1.78 bits per heavy atom. The van der Waals surface area contributed by atoms with Crippen LogP contribution in [0.1, 0.15) is 56.4 Å². The van der Waals surface area contributed by atoms with Gasteiger partial charge in [-0.3, -0.25) is 14.6 Å². The molecule has 2 aromatic carbocycles. The molecule has 1 aromatic heterocycles. The van der Waals surface area contributed by atoms with Gasteiger partial charge in [-0.15, -0.1) is 0 Å². The Morgan fingerprint density at radius 1 is 1.03 bits per heavy atom. The molecule has 0 atom stereocenters. The first-order valence-corrected chi connectivity index (χ1v) is 12.1. The number of fused-ring (bicyclic) bond motifs is 1. The Hall–Kier alpha value is -4.07. The zero-order valence-corrected chi connectivity index (χ0v) is 20.5. The fourth-order valence-electron chi connectivity index (χ4n) is 4.68. The van der Waals surface area contributed by atoms with Crippen molar-refractivity contribution in [3.63, 3.8) is 0 Å². The number of hydrogen-bond donors (Lipinski definition) is 1. The zero-order valence-electron chi connectivity index (χ0n) is 20.5. The maximum Gasteiger partial charge on any atom is 0.253 e. The van der Waals surface area contributed by atoms with Crippen molar-refractivity contribution in [3.05, 3.63) is 82.7 Å². The number of rotatable bonds is 6. The van der Waals surface area contributed by atoms with E-state index < -0.39 is 0 Å². The minimum Gasteiger partial charge on any atom is -0.497 e. The van der Waals surface area contributed by atoms with E-state index in [2.05, 4.69) is 5.32 Å². The number of aryl methyl sites for hydroxylation is 1. The lowest BCUT2D eigenvalue weighted by Crippen LogP contribution is -2.38. The summed E-state index contributed by atoms with van der Waals surface area (Å²) in [7, 11) is 1.60. The van der Waals surface area contributed by atoms with Crippen molar-refractivity contribution in [2.45, 2.75) is 32.2 Å². The largest absolute Gasteiger partial charge is 0.497 e. The molecule has 3 aromatic rings. The van der Waals surface area contributed by atoms with E-state index in [0.717, 1.165) is 35.5 Å². The first-order valence-electron chi connectivity index (χ1n) is 12.1. The number of benzene rings is 2. The molecule has 0 saturated carbocycles. The summed E-state index contributed by atoms with van der Waals surface area (Å²) < 4.78 is 16.0. The molecule has 1 N–H and O–H groups in total. The molecule has 0 spiro atoms. The van der Waals surface area contributed by atoms with Gasteiger partial charge in [0.2, 0.25) is 6.79 Å². The molecule has 0 aliphatic carbocycles. The molecule has 2 amide bonds. The van der Waals surface area contributed by atoms with Crippen molar-refractivity contribution in [1.29, 1.82) is 0 Å². The van der Waals surface area contributed by atoms with Gasteiger partial charge in [-0.05, 0) is 73.9 Å². The lowest BCUT2D eigenvalue weighted by Gasteiger charge is -2.32. The number of carbonyl (C=O) groups is 2. The van der Waals surface area contributed by atoms with Crippen LogP contribution in [0, 0.1) is 6.92 Å². The van der Waals surface area contributed by atoms with Crippen molar-refractivity contribution in [2.24, 2.45) is 0 Å². The van der Waals surface area contributed by atoms with E-state index in [1.165, 1.54) is 0 Å². The normalized spacial score (nSPS) is 15.0. The highest BCUT2D eigenvalue weighted by Crippen LogP contribution is 2.33. The average Bonchev–Trinajstić information content (AvgIpc) is 3.39. The van der Waals surface area contributed by atoms with E-state index in [9.17, 15) is 9.59 Å². The summed E-state index contributed by atoms with van der Waals surface area (Å²) in [6.07, 6.45) is 1.50. The van der Waals surface area contributed by atoms with Crippen LogP contribution < -0.4 is 19.5 Å². The number of nitrogens with zero attached hydrogens (tertiary/aromatic N) is 2. The van der Waals surface area contributed by atoms with Crippen molar-refractivity contribution >= 4 is 11.8 Å². The fraction of sp³-hybridized carbons (Fsp3) is 0.321. The quantitative estimate of drug-likeness (QED) is 0.564. The standard InChI is InChI=1S/C28H29N3O5/c1-18-3-9-23(27(32)29-16-19-4-10-24-25(15-19)36-17-35-24)26(30-18)20-11-13-31(14-12-20)28(33)21-5-7-22(34-2)8-6-21/h3-10,15,20H,11-14,16-17H2,1-2H3,(H,29,32). The maximum atomic E-state index is 13.2. The van der Waals surface area contributed by atoms with Crippen LogP contribution in [0.3, 0.4) is 0 Å². The molecule has 3 heterocycles. The van der Waals surface area contributed by atoms with Crippen LogP contribution in [0.4, 0.5) is 0 Å². The van der Waals surface area contributed by atoms with Gasteiger partial charge in [-0.1, -0.05) is 6.07 Å². The number of aromatic nitrogens is 1. The summed E-state index contributed by atoms with van der Waals surface area (Å²) >= 11 is 0. The van der Waals surface area contributed by atoms with Crippen LogP contribution in [0.2, 0.25) is 0 Å². The van der Waals surface area contributed by atoms with Gasteiger partial charge in [-0.2, -0.15) is 0 Å². The van der Waals surface area contributed by atoms with Crippen molar-refractivity contribution < 1.29 is 23.8 Å². The molecule has 0 bridgehead atoms. The zero-order chi connectivity index (χ0) is 25.1. The minimum atomic E-state index is -0.160. The van der Waals surface area contributed by atoms with E-state index in [1.54, 1.807) is 31.4 Å². The molecule has 186 valence electrons. The monoisotopic (exact) mass is 487 g/mol. The molecule has 2 aliphatic heterocycles. The summed E-state index contributed by atoms with van der Waals surface area (Å²) in [6, 6.07) is 16.5. The first kappa shape index (κ1) is 23.7. The van der Waals surface area contributed by atoms with Crippen LogP contribution in [-0.4, -0.2) is 48.7 Å². The van der Waals surface area contributed by atoms with Gasteiger partial charge < -0.3 is 24.4 Å². The molecule has 1 saturated heterocycles. The van der Waals surface area contributed by atoms with Crippen LogP contribution in [0.5, 0.6) is 17.2 Å². The SMILES string of the molecule is COc1ccc(C(=O)N2CCC(c3nc(C)ccc3C(=O)NCc3ccc4c(c3)OCO4)CC2)cc1. The second kappa shape index (κ2) is 10.3. The number of ether oxygens (including phenoxy) is 3. The smallest absolute Gasteiger partial charge is 0.253 e. The summed E-state index contributed by atoms with van der Waals surface area (Å²) in [5, 5.41) is 3.01. The van der Waals surface area contributed by atoms with Gasteiger partial charge in [0.15, 0.2) is 11.5 Å². The number of amides is 2. The number of nitrogens with one attached hydrogen (secondary N) is 1. The van der Waals surface area contributed by atoms with Gasteiger partial charge in [-0.25, -0.2) is 0 Å². The van der Waals surface area contributed by atoms with E-state index in [0.29, 0.717) is 42.3 Å². The molecule has 36 heavy (non-hydrogen) atoms. The third-order valence-electron chi connectivity index (χ3n) is 6.70. The number of methoxy groups -OCH3 is 1. The van der Waals surface area contributed by atoms with Crippen LogP contribution in [-0.2, 0) is 6.54 Å². The van der Waals surface area contributed by atoms with Crippen molar-refractivity contribution in [1.82, 2.24) is 15.2 Å². The van der Waals surface area contributed by atoms with E-state index >= 15 is 0 Å². The molecule has 1 fully saturated rings. The third kappa shape index (κ3) is 4.98. The molecular formula is C28H29N3O5.